The van der Waals surface area contributed by atoms with Gasteiger partial charge in [0.25, 0.3) is 5.91 Å². The van der Waals surface area contributed by atoms with Gasteiger partial charge in [-0.1, -0.05) is 35.3 Å². The molecule has 1 heterocycles. The third kappa shape index (κ3) is 4.88. The van der Waals surface area contributed by atoms with Crippen LogP contribution in [-0.4, -0.2) is 17.5 Å². The molecular weight excluding hydrogens is 375 g/mol. The molecule has 0 aliphatic rings. The molecule has 2 aromatic carbocycles. The number of halogens is 2. The van der Waals surface area contributed by atoms with Crippen LogP contribution in [0.5, 0.6) is 17.4 Å². The van der Waals surface area contributed by atoms with Crippen molar-refractivity contribution in [1.29, 1.82) is 0 Å². The van der Waals surface area contributed by atoms with Crippen LogP contribution >= 0.6 is 23.2 Å². The maximum atomic E-state index is 12.0. The number of hydrogen-bond donors (Lipinski definition) is 1. The van der Waals surface area contributed by atoms with Crippen LogP contribution in [0.25, 0.3) is 0 Å². The summed E-state index contributed by atoms with van der Waals surface area (Å²) in [5.74, 6) is 1.30. The standard InChI is InChI=1S/C19H14Cl2N2O3/c20-15-4-3-5-16(19(15)21)23-17(24)12-25-13-7-9-14(10-8-13)26-18-6-1-2-11-22-18/h1-11H,12H2,(H,23,24). The Kier molecular flexibility index (Phi) is 5.94. The van der Waals surface area contributed by atoms with Gasteiger partial charge in [0.15, 0.2) is 6.61 Å². The van der Waals surface area contributed by atoms with Crippen LogP contribution in [0.3, 0.4) is 0 Å². The Hall–Kier alpha value is -2.76. The van der Waals surface area contributed by atoms with Crippen LogP contribution in [-0.2, 0) is 4.79 Å². The van der Waals surface area contributed by atoms with Gasteiger partial charge in [0.05, 0.1) is 15.7 Å². The first-order chi connectivity index (χ1) is 12.6. The van der Waals surface area contributed by atoms with Gasteiger partial charge in [0.2, 0.25) is 5.88 Å². The number of benzene rings is 2. The lowest BCUT2D eigenvalue weighted by molar-refractivity contribution is -0.118. The molecule has 3 rings (SSSR count). The van der Waals surface area contributed by atoms with Crippen LogP contribution in [0.1, 0.15) is 0 Å². The maximum absolute atomic E-state index is 12.0. The van der Waals surface area contributed by atoms with Crippen molar-refractivity contribution in [1.82, 2.24) is 4.98 Å². The minimum absolute atomic E-state index is 0.163. The average Bonchev–Trinajstić information content (AvgIpc) is 2.66. The molecule has 5 nitrogen and oxygen atoms in total. The lowest BCUT2D eigenvalue weighted by atomic mass is 10.3. The van der Waals surface area contributed by atoms with Crippen molar-refractivity contribution >= 4 is 34.8 Å². The summed E-state index contributed by atoms with van der Waals surface area (Å²) in [7, 11) is 0. The van der Waals surface area contributed by atoms with E-state index >= 15 is 0 Å². The SMILES string of the molecule is O=C(COc1ccc(Oc2ccccn2)cc1)Nc1cccc(Cl)c1Cl. The molecule has 0 aliphatic carbocycles. The number of aromatic nitrogens is 1. The fraction of sp³-hybridized carbons (Fsp3) is 0.0526. The number of pyridine rings is 1. The molecule has 0 fully saturated rings. The minimum atomic E-state index is -0.344. The summed E-state index contributed by atoms with van der Waals surface area (Å²) in [4.78, 5) is 16.1. The molecular formula is C19H14Cl2N2O3. The van der Waals surface area contributed by atoms with Crippen molar-refractivity contribution in [3.8, 4) is 17.4 Å². The Morgan fingerprint density at radius 1 is 0.962 bits per heavy atom. The van der Waals surface area contributed by atoms with Gasteiger partial charge >= 0.3 is 0 Å². The molecule has 1 amide bonds. The zero-order valence-electron chi connectivity index (χ0n) is 13.5. The number of anilines is 1. The van der Waals surface area contributed by atoms with E-state index in [0.29, 0.717) is 33.1 Å². The molecule has 0 bridgehead atoms. The highest BCUT2D eigenvalue weighted by molar-refractivity contribution is 6.43. The number of carbonyl (C=O) groups is 1. The van der Waals surface area contributed by atoms with Crippen molar-refractivity contribution in [2.75, 3.05) is 11.9 Å². The number of rotatable bonds is 6. The van der Waals surface area contributed by atoms with Gasteiger partial charge in [-0.05, 0) is 42.5 Å². The number of amides is 1. The molecule has 1 N–H and O–H groups in total. The predicted molar refractivity (Wildman–Crippen MR) is 101 cm³/mol. The van der Waals surface area contributed by atoms with Crippen LogP contribution in [0.15, 0.2) is 66.9 Å². The molecule has 0 atom stereocenters. The number of hydrogen-bond acceptors (Lipinski definition) is 4. The fourth-order valence-electron chi connectivity index (χ4n) is 2.07. The first-order valence-electron chi connectivity index (χ1n) is 7.67. The van der Waals surface area contributed by atoms with E-state index in [1.54, 1.807) is 54.7 Å². The Bertz CT molecular complexity index is 887. The van der Waals surface area contributed by atoms with E-state index in [1.165, 1.54) is 0 Å². The fourth-order valence-corrected chi connectivity index (χ4v) is 2.42. The summed E-state index contributed by atoms with van der Waals surface area (Å²) in [6.45, 7) is -0.163. The third-order valence-electron chi connectivity index (χ3n) is 3.28. The van der Waals surface area contributed by atoms with E-state index in [-0.39, 0.29) is 12.5 Å². The first-order valence-corrected chi connectivity index (χ1v) is 8.43. The van der Waals surface area contributed by atoms with E-state index in [1.807, 2.05) is 12.1 Å². The Labute approximate surface area is 160 Å². The highest BCUT2D eigenvalue weighted by Gasteiger charge is 2.09. The molecule has 0 radical (unpaired) electrons. The second-order valence-corrected chi connectivity index (χ2v) is 5.96. The van der Waals surface area contributed by atoms with Crippen LogP contribution in [0, 0.1) is 0 Å². The summed E-state index contributed by atoms with van der Waals surface area (Å²) < 4.78 is 11.0. The van der Waals surface area contributed by atoms with Crippen LogP contribution < -0.4 is 14.8 Å². The second-order valence-electron chi connectivity index (χ2n) is 5.18. The Morgan fingerprint density at radius 3 is 2.46 bits per heavy atom. The van der Waals surface area contributed by atoms with Crippen LogP contribution in [0.4, 0.5) is 5.69 Å². The summed E-state index contributed by atoms with van der Waals surface area (Å²) in [5.41, 5.74) is 0.437. The first kappa shape index (κ1) is 18.0. The quantitative estimate of drug-likeness (QED) is 0.630. The summed E-state index contributed by atoms with van der Waals surface area (Å²) in [5, 5.41) is 3.31. The molecule has 132 valence electrons. The summed E-state index contributed by atoms with van der Waals surface area (Å²) in [6.07, 6.45) is 1.65. The monoisotopic (exact) mass is 388 g/mol. The van der Waals surface area contributed by atoms with E-state index in [0.717, 1.165) is 0 Å². The van der Waals surface area contributed by atoms with Crippen molar-refractivity contribution in [2.45, 2.75) is 0 Å². The summed E-state index contributed by atoms with van der Waals surface area (Å²) in [6, 6.07) is 17.3. The normalized spacial score (nSPS) is 10.2. The van der Waals surface area contributed by atoms with Gasteiger partial charge in [-0.2, -0.15) is 0 Å². The third-order valence-corrected chi connectivity index (χ3v) is 4.10. The molecule has 3 aromatic rings. The number of nitrogens with zero attached hydrogens (tertiary/aromatic N) is 1. The molecule has 0 saturated heterocycles. The van der Waals surface area contributed by atoms with Crippen molar-refractivity contribution in [3.63, 3.8) is 0 Å². The highest BCUT2D eigenvalue weighted by Crippen LogP contribution is 2.29. The number of ether oxygens (including phenoxy) is 2. The second kappa shape index (κ2) is 8.56. The van der Waals surface area contributed by atoms with E-state index < -0.39 is 0 Å². The number of carbonyl (C=O) groups excluding carboxylic acids is 1. The lowest BCUT2D eigenvalue weighted by Crippen LogP contribution is -2.20. The smallest absolute Gasteiger partial charge is 0.262 e. The highest BCUT2D eigenvalue weighted by atomic mass is 35.5. The summed E-state index contributed by atoms with van der Waals surface area (Å²) >= 11 is 11.9. The van der Waals surface area contributed by atoms with Gasteiger partial charge < -0.3 is 14.8 Å². The molecule has 0 aliphatic heterocycles. The molecule has 26 heavy (non-hydrogen) atoms. The predicted octanol–water partition coefficient (Wildman–Crippen LogP) is 5.20. The van der Waals surface area contributed by atoms with E-state index in [9.17, 15) is 4.79 Å². The van der Waals surface area contributed by atoms with Gasteiger partial charge in [0, 0.05) is 12.3 Å². The minimum Gasteiger partial charge on any atom is -0.484 e. The van der Waals surface area contributed by atoms with Gasteiger partial charge in [-0.25, -0.2) is 4.98 Å². The molecule has 0 unspecified atom stereocenters. The number of nitrogens with one attached hydrogen (secondary N) is 1. The molecule has 0 saturated carbocycles. The maximum Gasteiger partial charge on any atom is 0.262 e. The van der Waals surface area contributed by atoms with Crippen molar-refractivity contribution in [3.05, 3.63) is 76.9 Å². The lowest BCUT2D eigenvalue weighted by Gasteiger charge is -2.10. The zero-order valence-corrected chi connectivity index (χ0v) is 15.0. The average molecular weight is 389 g/mol. The van der Waals surface area contributed by atoms with Crippen LogP contribution in [0.2, 0.25) is 10.0 Å². The zero-order chi connectivity index (χ0) is 18.4. The van der Waals surface area contributed by atoms with Gasteiger partial charge in [-0.3, -0.25) is 4.79 Å². The Balaban J connectivity index is 1.53. The van der Waals surface area contributed by atoms with Crippen molar-refractivity contribution in [2.24, 2.45) is 0 Å². The van der Waals surface area contributed by atoms with Crippen molar-refractivity contribution < 1.29 is 14.3 Å². The molecule has 0 spiro atoms. The largest absolute Gasteiger partial charge is 0.484 e. The van der Waals surface area contributed by atoms with E-state index in [2.05, 4.69) is 10.3 Å². The Morgan fingerprint density at radius 2 is 1.73 bits per heavy atom. The van der Waals surface area contributed by atoms with Gasteiger partial charge in [0.1, 0.15) is 11.5 Å². The van der Waals surface area contributed by atoms with E-state index in [4.69, 9.17) is 32.7 Å². The topological polar surface area (TPSA) is 60.5 Å². The van der Waals surface area contributed by atoms with Gasteiger partial charge in [-0.15, -0.1) is 0 Å². The molecule has 7 heteroatoms. The molecule has 1 aromatic heterocycles.